The average Bonchev–Trinajstić information content (AvgIpc) is 2.93. The Kier molecular flexibility index (Phi) is 9.59. The molecule has 1 saturated heterocycles. The smallest absolute Gasteiger partial charge is 0.421 e. The Balaban J connectivity index is 1.64. The average molecular weight is 578 g/mol. The number of halogens is 3. The number of carboxylic acids is 1. The number of rotatable bonds is 8. The van der Waals surface area contributed by atoms with Crippen molar-refractivity contribution in [3.8, 4) is 11.6 Å². The van der Waals surface area contributed by atoms with E-state index in [1.165, 1.54) is 23.2 Å². The number of aromatic carboxylic acids is 1. The van der Waals surface area contributed by atoms with E-state index >= 15 is 0 Å². The number of nitrogens with zero attached hydrogens (tertiary/aromatic N) is 3. The maximum absolute atomic E-state index is 14.1. The maximum Gasteiger partial charge on any atom is 0.421 e. The summed E-state index contributed by atoms with van der Waals surface area (Å²) in [6.45, 7) is 9.79. The van der Waals surface area contributed by atoms with Gasteiger partial charge in [0.25, 0.3) is 0 Å². The zero-order valence-corrected chi connectivity index (χ0v) is 23.9. The summed E-state index contributed by atoms with van der Waals surface area (Å²) in [5.74, 6) is -1.92. The summed E-state index contributed by atoms with van der Waals surface area (Å²) in [6.07, 6.45) is -0.0744. The van der Waals surface area contributed by atoms with E-state index in [-0.39, 0.29) is 40.9 Å². The number of carbonyl (C=O) groups excluding carboxylic acids is 1. The van der Waals surface area contributed by atoms with Crippen LogP contribution in [0.4, 0.5) is 18.9 Å². The summed E-state index contributed by atoms with van der Waals surface area (Å²) >= 11 is 0. The highest BCUT2D eigenvalue weighted by Gasteiger charge is 2.37. The number of benzene rings is 1. The fraction of sp³-hybridized carbons (Fsp3) is 0.567. The van der Waals surface area contributed by atoms with Crippen LogP contribution in [0.25, 0.3) is 0 Å². The monoisotopic (exact) mass is 577 g/mol. The Hall–Kier alpha value is -3.18. The van der Waals surface area contributed by atoms with Gasteiger partial charge in [-0.25, -0.2) is 9.78 Å². The highest BCUT2D eigenvalue weighted by molar-refractivity contribution is 6.03. The molecule has 2 aromatic rings. The molecule has 4 rings (SSSR count). The molecule has 11 heteroatoms. The Morgan fingerprint density at radius 2 is 1.76 bits per heavy atom. The normalized spacial score (nSPS) is 21.0. The van der Waals surface area contributed by atoms with Gasteiger partial charge in [-0.2, -0.15) is 13.2 Å². The number of carbonyl (C=O) groups is 2. The largest absolute Gasteiger partial charge is 0.478 e. The number of hydrogen-bond donors (Lipinski definition) is 1. The van der Waals surface area contributed by atoms with Crippen molar-refractivity contribution < 1.29 is 37.3 Å². The van der Waals surface area contributed by atoms with Gasteiger partial charge < -0.3 is 19.5 Å². The van der Waals surface area contributed by atoms with Crippen LogP contribution in [0.5, 0.6) is 11.6 Å². The number of aromatic nitrogens is 1. The minimum atomic E-state index is -4.75. The molecule has 1 aromatic carbocycles. The summed E-state index contributed by atoms with van der Waals surface area (Å²) in [4.78, 5) is 33.3. The first kappa shape index (κ1) is 30.8. The number of ether oxygens (including phenoxy) is 2. The summed E-state index contributed by atoms with van der Waals surface area (Å²) in [5, 5.41) is 10.0. The van der Waals surface area contributed by atoms with Gasteiger partial charge in [-0.1, -0.05) is 6.92 Å². The van der Waals surface area contributed by atoms with Crippen LogP contribution in [0.3, 0.4) is 0 Å². The molecule has 1 amide bonds. The van der Waals surface area contributed by atoms with Crippen LogP contribution in [-0.4, -0.2) is 59.2 Å². The van der Waals surface area contributed by atoms with Crippen molar-refractivity contribution in [2.75, 3.05) is 31.2 Å². The van der Waals surface area contributed by atoms with Crippen molar-refractivity contribution in [2.45, 2.75) is 71.6 Å². The van der Waals surface area contributed by atoms with E-state index < -0.39 is 23.6 Å². The molecule has 1 aliphatic heterocycles. The van der Waals surface area contributed by atoms with Gasteiger partial charge in [-0.05, 0) is 82.2 Å². The van der Waals surface area contributed by atoms with E-state index in [9.17, 15) is 27.9 Å². The van der Waals surface area contributed by atoms with Crippen molar-refractivity contribution in [2.24, 2.45) is 11.8 Å². The highest BCUT2D eigenvalue weighted by Crippen LogP contribution is 2.40. The third-order valence-corrected chi connectivity index (χ3v) is 8.04. The summed E-state index contributed by atoms with van der Waals surface area (Å²) in [6, 6.07) is 4.33. The fourth-order valence-corrected chi connectivity index (χ4v) is 5.58. The minimum absolute atomic E-state index is 0.124. The van der Waals surface area contributed by atoms with Crippen LogP contribution < -0.4 is 9.64 Å². The molecule has 1 aliphatic carbocycles. The molecule has 1 saturated carbocycles. The number of hydrogen-bond acceptors (Lipinski definition) is 6. The molecule has 41 heavy (non-hydrogen) atoms. The van der Waals surface area contributed by atoms with Crippen molar-refractivity contribution in [1.29, 1.82) is 0 Å². The molecule has 0 radical (unpaired) electrons. The van der Waals surface area contributed by atoms with Crippen molar-refractivity contribution in [3.05, 3.63) is 47.2 Å². The molecule has 1 unspecified atom stereocenters. The van der Waals surface area contributed by atoms with Crippen LogP contribution in [0.15, 0.2) is 30.5 Å². The quantitative estimate of drug-likeness (QED) is 0.380. The lowest BCUT2D eigenvalue weighted by atomic mass is 9.82. The molecular weight excluding hydrogens is 539 g/mol. The molecule has 2 heterocycles. The van der Waals surface area contributed by atoms with E-state index in [1.807, 2.05) is 11.8 Å². The highest BCUT2D eigenvalue weighted by atomic mass is 19.4. The third kappa shape index (κ3) is 7.19. The second-order valence-corrected chi connectivity index (χ2v) is 11.3. The van der Waals surface area contributed by atoms with E-state index in [4.69, 9.17) is 9.47 Å². The van der Waals surface area contributed by atoms with E-state index in [0.29, 0.717) is 37.8 Å². The van der Waals surface area contributed by atoms with Gasteiger partial charge in [0.15, 0.2) is 0 Å². The molecular formula is C30H38F3N3O5. The van der Waals surface area contributed by atoms with Crippen molar-refractivity contribution in [1.82, 2.24) is 9.88 Å². The number of pyridine rings is 1. The molecule has 0 bridgehead atoms. The van der Waals surface area contributed by atoms with Gasteiger partial charge in [0, 0.05) is 37.3 Å². The lowest BCUT2D eigenvalue weighted by molar-refractivity contribution is -0.139. The third-order valence-electron chi connectivity index (χ3n) is 8.04. The second-order valence-electron chi connectivity index (χ2n) is 11.3. The standard InChI is InChI=1S/C30H38F3N3O5/c1-18(2)36(28(37)21-7-5-19(3)6-8-21)26-10-9-23(16-24(26)29(38)39)41-27-25(30(31,32)33)15-22(17-34-27)20(4)35-11-13-40-14-12-35/h9-10,15-21H,5-8,11-14H2,1-4H3,(H,38,39)/t19-,20?,21-. The maximum atomic E-state index is 14.1. The Morgan fingerprint density at radius 3 is 2.34 bits per heavy atom. The van der Waals surface area contributed by atoms with Crippen molar-refractivity contribution >= 4 is 17.6 Å². The van der Waals surface area contributed by atoms with E-state index in [2.05, 4.69) is 11.9 Å². The van der Waals surface area contributed by atoms with Crippen molar-refractivity contribution in [3.63, 3.8) is 0 Å². The van der Waals surface area contributed by atoms with Crippen LogP contribution in [0.2, 0.25) is 0 Å². The Bertz CT molecular complexity index is 1240. The molecule has 2 fully saturated rings. The van der Waals surface area contributed by atoms with E-state index in [1.54, 1.807) is 13.8 Å². The molecule has 1 aromatic heterocycles. The van der Waals surface area contributed by atoms with Gasteiger partial charge in [0.2, 0.25) is 11.8 Å². The first-order valence-electron chi connectivity index (χ1n) is 14.1. The van der Waals surface area contributed by atoms with Crippen LogP contribution in [-0.2, 0) is 15.7 Å². The van der Waals surface area contributed by atoms with Crippen LogP contribution in [0.1, 0.15) is 80.9 Å². The van der Waals surface area contributed by atoms with Crippen LogP contribution in [0, 0.1) is 11.8 Å². The molecule has 1 N–H and O–H groups in total. The molecule has 0 spiro atoms. The first-order valence-corrected chi connectivity index (χ1v) is 14.1. The number of morpholine rings is 1. The fourth-order valence-electron chi connectivity index (χ4n) is 5.58. The van der Waals surface area contributed by atoms with Gasteiger partial charge in [-0.15, -0.1) is 0 Å². The van der Waals surface area contributed by atoms with Gasteiger partial charge in [0.1, 0.15) is 11.3 Å². The Labute approximate surface area is 238 Å². The number of anilines is 1. The first-order chi connectivity index (χ1) is 19.4. The molecule has 2 aliphatic rings. The summed E-state index contributed by atoms with van der Waals surface area (Å²) in [5.41, 5.74) is -0.722. The zero-order valence-electron chi connectivity index (χ0n) is 23.9. The SMILES string of the molecule is CC(c1cnc(Oc2ccc(N(C(=O)[C@H]3CC[C@H](C)CC3)C(C)C)c(C(=O)O)c2)c(C(F)(F)F)c1)N1CCOCC1. The molecule has 224 valence electrons. The second kappa shape index (κ2) is 12.8. The zero-order chi connectivity index (χ0) is 29.9. The lowest BCUT2D eigenvalue weighted by Gasteiger charge is -2.34. The van der Waals surface area contributed by atoms with Crippen LogP contribution >= 0.6 is 0 Å². The van der Waals surface area contributed by atoms with E-state index in [0.717, 1.165) is 37.8 Å². The summed E-state index contributed by atoms with van der Waals surface area (Å²) in [7, 11) is 0. The van der Waals surface area contributed by atoms with Gasteiger partial charge in [-0.3, -0.25) is 9.69 Å². The molecule has 8 nitrogen and oxygen atoms in total. The minimum Gasteiger partial charge on any atom is -0.478 e. The number of amides is 1. The lowest BCUT2D eigenvalue weighted by Crippen LogP contribution is -2.42. The van der Waals surface area contributed by atoms with Gasteiger partial charge >= 0.3 is 12.1 Å². The number of carboxylic acid groups (broad SMARTS) is 1. The predicted octanol–water partition coefficient (Wildman–Crippen LogP) is 6.55. The Morgan fingerprint density at radius 1 is 1.10 bits per heavy atom. The topological polar surface area (TPSA) is 92.2 Å². The number of alkyl halides is 3. The predicted molar refractivity (Wildman–Crippen MR) is 147 cm³/mol. The summed E-state index contributed by atoms with van der Waals surface area (Å²) < 4.78 is 53.2. The van der Waals surface area contributed by atoms with Gasteiger partial charge in [0.05, 0.1) is 24.5 Å². The molecule has 1 atom stereocenters.